The van der Waals surface area contributed by atoms with Crippen molar-refractivity contribution in [2.24, 2.45) is 0 Å². The van der Waals surface area contributed by atoms with E-state index in [1.54, 1.807) is 11.3 Å². The Morgan fingerprint density at radius 2 is 1.90 bits per heavy atom. The van der Waals surface area contributed by atoms with Crippen LogP contribution in [0.15, 0.2) is 47.8 Å². The van der Waals surface area contributed by atoms with Gasteiger partial charge in [0.2, 0.25) is 0 Å². The van der Waals surface area contributed by atoms with Crippen LogP contribution in [0.3, 0.4) is 0 Å². The van der Waals surface area contributed by atoms with Gasteiger partial charge in [-0.05, 0) is 0 Å². The molecule has 0 N–H and O–H groups in total. The van der Waals surface area contributed by atoms with Gasteiger partial charge in [-0.3, -0.25) is 0 Å². The molecule has 0 bridgehead atoms. The molecule has 2 aromatic rings. The van der Waals surface area contributed by atoms with Gasteiger partial charge in [0.25, 0.3) is 0 Å². The number of hydrogen-bond donors (Lipinski definition) is 0. The van der Waals surface area contributed by atoms with Crippen molar-refractivity contribution < 1.29 is 4.79 Å². The monoisotopic (exact) mass is 364 g/mol. The van der Waals surface area contributed by atoms with E-state index in [1.807, 2.05) is 17.5 Å². The molecule has 1 heterocycles. The van der Waals surface area contributed by atoms with Gasteiger partial charge in [0, 0.05) is 0 Å². The summed E-state index contributed by atoms with van der Waals surface area (Å²) >= 11 is 2.10. The number of carbonyl (C=O) groups excluding carboxylic acids is 1. The normalized spacial score (nSPS) is 17.0. The van der Waals surface area contributed by atoms with Crippen LogP contribution in [0.5, 0.6) is 0 Å². The summed E-state index contributed by atoms with van der Waals surface area (Å²) in [6, 6.07) is 14.6. The van der Waals surface area contributed by atoms with Crippen LogP contribution >= 0.6 is 11.3 Å². The van der Waals surface area contributed by atoms with E-state index in [-0.39, 0.29) is 0 Å². The minimum atomic E-state index is 0.318. The molecule has 0 aliphatic heterocycles. The van der Waals surface area contributed by atoms with E-state index >= 15 is 0 Å². The number of benzene rings is 1. The minimum absolute atomic E-state index is 0.318. The average molecular weight is 363 g/mol. The van der Waals surface area contributed by atoms with Crippen molar-refractivity contribution in [3.63, 3.8) is 0 Å². The van der Waals surface area contributed by atoms with Crippen LogP contribution in [0.1, 0.15) is 52.2 Å². The molecule has 1 aromatic carbocycles. The first kappa shape index (κ1) is 15.0. The maximum atomic E-state index is 12.5. The third-order valence-electron chi connectivity index (χ3n) is 4.00. The summed E-state index contributed by atoms with van der Waals surface area (Å²) in [6.45, 7) is 0. The molecule has 1 atom stereocenters. The molecule has 1 aliphatic rings. The molecule has 0 amide bonds. The van der Waals surface area contributed by atoms with Crippen molar-refractivity contribution in [3.05, 3.63) is 58.3 Å². The van der Waals surface area contributed by atoms with Crippen molar-refractivity contribution in [1.29, 1.82) is 0 Å². The number of ketones is 1. The summed E-state index contributed by atoms with van der Waals surface area (Å²) in [4.78, 5) is 14.7. The summed E-state index contributed by atoms with van der Waals surface area (Å²) in [5.41, 5.74) is 1.36. The molecule has 3 heteroatoms. The van der Waals surface area contributed by atoms with E-state index in [4.69, 9.17) is 0 Å². The van der Waals surface area contributed by atoms with E-state index in [2.05, 4.69) is 30.3 Å². The number of rotatable bonds is 6. The number of hydrogen-bond acceptors (Lipinski definition) is 2. The van der Waals surface area contributed by atoms with Crippen LogP contribution in [-0.4, -0.2) is 20.7 Å². The topological polar surface area (TPSA) is 17.1 Å². The molecule has 1 saturated carbocycles. The van der Waals surface area contributed by atoms with E-state index in [0.29, 0.717) is 32.0 Å². The van der Waals surface area contributed by atoms with Crippen molar-refractivity contribution in [3.8, 4) is 0 Å². The van der Waals surface area contributed by atoms with Gasteiger partial charge >= 0.3 is 137 Å². The quantitative estimate of drug-likeness (QED) is 0.514. The zero-order chi connectivity index (χ0) is 14.5. The Kier molecular flexibility index (Phi) is 5.29. The molecule has 0 radical (unpaired) electrons. The molecule has 1 fully saturated rings. The van der Waals surface area contributed by atoms with E-state index in [9.17, 15) is 4.79 Å². The van der Waals surface area contributed by atoms with Gasteiger partial charge in [-0.25, -0.2) is 0 Å². The van der Waals surface area contributed by atoms with Crippen LogP contribution in [0, 0.1) is 0 Å². The molecule has 0 spiro atoms. The molecule has 1 nitrogen and oxygen atoms in total. The maximum absolute atomic E-state index is 12.5. The Labute approximate surface area is 136 Å². The summed E-state index contributed by atoms with van der Waals surface area (Å²) in [6.07, 6.45) is 6.19. The van der Waals surface area contributed by atoms with E-state index in [0.717, 1.165) is 9.69 Å². The standard InChI is InChI=1S/C18H20OSSe/c19-16(17-11-6-12-20-17)13-18(14-7-2-1-3-8-14)21-15-9-4-5-10-15/h1-3,6-8,11-12,15,18H,4-5,9-10,13H2/t18-/m1/s1. The van der Waals surface area contributed by atoms with Crippen molar-refractivity contribution in [2.45, 2.75) is 41.7 Å². The van der Waals surface area contributed by atoms with Gasteiger partial charge < -0.3 is 0 Å². The molecular weight excluding hydrogens is 343 g/mol. The molecule has 110 valence electrons. The van der Waals surface area contributed by atoms with Gasteiger partial charge in [-0.1, -0.05) is 0 Å². The van der Waals surface area contributed by atoms with Crippen LogP contribution in [-0.2, 0) is 0 Å². The fraction of sp³-hybridized carbons (Fsp3) is 0.389. The third-order valence-corrected chi connectivity index (χ3v) is 8.31. The number of Topliss-reactive ketones (excluding diaryl/α,β-unsaturated/α-hetero) is 1. The van der Waals surface area contributed by atoms with Crippen molar-refractivity contribution in [2.75, 3.05) is 0 Å². The third kappa shape index (κ3) is 4.06. The van der Waals surface area contributed by atoms with Gasteiger partial charge in [-0.2, -0.15) is 0 Å². The molecular formula is C18H20OSSe. The second-order valence-corrected chi connectivity index (χ2v) is 9.66. The Bertz CT molecular complexity index is 558. The SMILES string of the molecule is O=C(C[C@@H]([Se]C1CCCC1)c1ccccc1)c1cccs1. The first-order valence-electron chi connectivity index (χ1n) is 7.60. The summed E-state index contributed by atoms with van der Waals surface area (Å²) in [7, 11) is 0. The number of carbonyl (C=O) groups is 1. The van der Waals surface area contributed by atoms with E-state index < -0.39 is 0 Å². The second kappa shape index (κ2) is 7.40. The molecule has 1 aliphatic carbocycles. The zero-order valence-electron chi connectivity index (χ0n) is 12.0. The van der Waals surface area contributed by atoms with Crippen molar-refractivity contribution >= 4 is 32.1 Å². The van der Waals surface area contributed by atoms with Crippen molar-refractivity contribution in [1.82, 2.24) is 0 Å². The fourth-order valence-corrected chi connectivity index (χ4v) is 6.97. The Hall–Kier alpha value is -0.891. The first-order valence-corrected chi connectivity index (χ1v) is 10.5. The molecule has 21 heavy (non-hydrogen) atoms. The molecule has 0 unspecified atom stereocenters. The second-order valence-electron chi connectivity index (χ2n) is 5.55. The fourth-order valence-electron chi connectivity index (χ4n) is 2.88. The van der Waals surface area contributed by atoms with Gasteiger partial charge in [0.05, 0.1) is 0 Å². The Morgan fingerprint density at radius 3 is 2.57 bits per heavy atom. The van der Waals surface area contributed by atoms with Gasteiger partial charge in [0.15, 0.2) is 0 Å². The summed E-state index contributed by atoms with van der Waals surface area (Å²) in [5.74, 6) is 0.318. The predicted octanol–water partition coefficient (Wildman–Crippen LogP) is 5.13. The predicted molar refractivity (Wildman–Crippen MR) is 90.4 cm³/mol. The zero-order valence-corrected chi connectivity index (χ0v) is 14.6. The van der Waals surface area contributed by atoms with Crippen LogP contribution in [0.25, 0.3) is 0 Å². The molecule has 0 saturated heterocycles. The summed E-state index contributed by atoms with van der Waals surface area (Å²) < 4.78 is 0. The molecule has 3 rings (SSSR count). The summed E-state index contributed by atoms with van der Waals surface area (Å²) in [5, 5.41) is 1.99. The Morgan fingerprint density at radius 1 is 1.14 bits per heavy atom. The van der Waals surface area contributed by atoms with Gasteiger partial charge in [0.1, 0.15) is 0 Å². The first-order chi connectivity index (χ1) is 10.3. The average Bonchev–Trinajstić information content (AvgIpc) is 3.21. The Balaban J connectivity index is 1.73. The van der Waals surface area contributed by atoms with Crippen LogP contribution in [0.2, 0.25) is 4.82 Å². The molecule has 1 aromatic heterocycles. The van der Waals surface area contributed by atoms with Crippen LogP contribution in [0.4, 0.5) is 0 Å². The van der Waals surface area contributed by atoms with Gasteiger partial charge in [-0.15, -0.1) is 0 Å². The van der Waals surface area contributed by atoms with E-state index in [1.165, 1.54) is 31.2 Å². The van der Waals surface area contributed by atoms with Crippen LogP contribution < -0.4 is 0 Å². The number of thiophene rings is 1.